The molecular formula is C18H31N3O2. The highest BCUT2D eigenvalue weighted by molar-refractivity contribution is 5.79. The van der Waals surface area contributed by atoms with Crippen molar-refractivity contribution in [3.05, 3.63) is 29.8 Å². The zero-order valence-electron chi connectivity index (χ0n) is 14.7. The molecule has 0 bridgehead atoms. The number of benzene rings is 1. The van der Waals surface area contributed by atoms with E-state index in [0.29, 0.717) is 6.61 Å². The Morgan fingerprint density at radius 3 is 2.74 bits per heavy atom. The molecule has 2 N–H and O–H groups in total. The van der Waals surface area contributed by atoms with E-state index in [1.807, 2.05) is 12.1 Å². The van der Waals surface area contributed by atoms with Gasteiger partial charge in [0.2, 0.25) is 0 Å². The number of ether oxygens (including phenoxy) is 2. The summed E-state index contributed by atoms with van der Waals surface area (Å²) in [7, 11) is 3.50. The summed E-state index contributed by atoms with van der Waals surface area (Å²) in [4.78, 5) is 4.24. The topological polar surface area (TPSA) is 54.9 Å². The average molecular weight is 321 g/mol. The van der Waals surface area contributed by atoms with Gasteiger partial charge in [-0.2, -0.15) is 0 Å². The van der Waals surface area contributed by atoms with Crippen molar-refractivity contribution in [3.8, 4) is 5.75 Å². The second kappa shape index (κ2) is 12.8. The summed E-state index contributed by atoms with van der Waals surface area (Å²) in [5, 5.41) is 6.66. The van der Waals surface area contributed by atoms with E-state index in [1.54, 1.807) is 14.2 Å². The Labute approximate surface area is 140 Å². The third-order valence-corrected chi connectivity index (χ3v) is 3.42. The lowest BCUT2D eigenvalue weighted by molar-refractivity contribution is 0.172. The van der Waals surface area contributed by atoms with Crippen molar-refractivity contribution >= 4 is 5.96 Å². The lowest BCUT2D eigenvalue weighted by Crippen LogP contribution is -2.37. The maximum atomic E-state index is 5.72. The lowest BCUT2D eigenvalue weighted by atomic mass is 10.2. The number of nitrogens with one attached hydrogen (secondary N) is 2. The van der Waals surface area contributed by atoms with Gasteiger partial charge in [0.15, 0.2) is 5.96 Å². The van der Waals surface area contributed by atoms with Gasteiger partial charge in [0.05, 0.1) is 6.61 Å². The van der Waals surface area contributed by atoms with Gasteiger partial charge < -0.3 is 20.1 Å². The van der Waals surface area contributed by atoms with Crippen molar-refractivity contribution in [2.24, 2.45) is 4.99 Å². The zero-order chi connectivity index (χ0) is 16.8. The molecule has 0 unspecified atom stereocenters. The Kier molecular flexibility index (Phi) is 10.7. The standard InChI is InChI=1S/C18H31N3O2/c1-4-5-6-11-20-18(19-2)21-15-16-9-7-10-17(14-16)23-13-8-12-22-3/h7,9-10,14H,4-6,8,11-13,15H2,1-3H3,(H2,19,20,21). The summed E-state index contributed by atoms with van der Waals surface area (Å²) in [5.74, 6) is 1.74. The van der Waals surface area contributed by atoms with E-state index in [-0.39, 0.29) is 0 Å². The number of hydrogen-bond donors (Lipinski definition) is 2. The molecule has 1 aromatic rings. The molecule has 5 nitrogen and oxygen atoms in total. The van der Waals surface area contributed by atoms with E-state index in [0.717, 1.165) is 37.8 Å². The van der Waals surface area contributed by atoms with Crippen LogP contribution >= 0.6 is 0 Å². The minimum absolute atomic E-state index is 0.672. The van der Waals surface area contributed by atoms with Gasteiger partial charge in [0.1, 0.15) is 5.75 Å². The van der Waals surface area contributed by atoms with Gasteiger partial charge >= 0.3 is 0 Å². The summed E-state index contributed by atoms with van der Waals surface area (Å²) in [5.41, 5.74) is 1.17. The number of methoxy groups -OCH3 is 1. The second-order valence-corrected chi connectivity index (χ2v) is 5.40. The van der Waals surface area contributed by atoms with Crippen molar-refractivity contribution in [2.75, 3.05) is 33.9 Å². The van der Waals surface area contributed by atoms with E-state index < -0.39 is 0 Å². The predicted octanol–water partition coefficient (Wildman–Crippen LogP) is 2.96. The normalized spacial score (nSPS) is 11.3. The molecule has 0 saturated heterocycles. The minimum Gasteiger partial charge on any atom is -0.493 e. The zero-order valence-corrected chi connectivity index (χ0v) is 14.7. The molecule has 0 heterocycles. The molecule has 0 spiro atoms. The number of nitrogens with zero attached hydrogens (tertiary/aromatic N) is 1. The Balaban J connectivity index is 2.35. The van der Waals surface area contributed by atoms with Gasteiger partial charge in [-0.1, -0.05) is 31.9 Å². The molecule has 0 aliphatic heterocycles. The number of unbranched alkanes of at least 4 members (excludes halogenated alkanes) is 2. The summed E-state index contributed by atoms with van der Waals surface area (Å²) in [6.07, 6.45) is 4.53. The van der Waals surface area contributed by atoms with Crippen LogP contribution in [0.4, 0.5) is 0 Å². The molecular weight excluding hydrogens is 290 g/mol. The highest BCUT2D eigenvalue weighted by atomic mass is 16.5. The van der Waals surface area contributed by atoms with Crippen LogP contribution < -0.4 is 15.4 Å². The number of aliphatic imine (C=N–C) groups is 1. The van der Waals surface area contributed by atoms with E-state index >= 15 is 0 Å². The van der Waals surface area contributed by atoms with Gasteiger partial charge in [-0.3, -0.25) is 4.99 Å². The molecule has 0 atom stereocenters. The van der Waals surface area contributed by atoms with E-state index in [2.05, 4.69) is 34.7 Å². The van der Waals surface area contributed by atoms with Crippen molar-refractivity contribution in [1.29, 1.82) is 0 Å². The van der Waals surface area contributed by atoms with Crippen LogP contribution in [0.1, 0.15) is 38.2 Å². The molecule has 0 saturated carbocycles. The summed E-state index contributed by atoms with van der Waals surface area (Å²) >= 11 is 0. The summed E-state index contributed by atoms with van der Waals surface area (Å²) < 4.78 is 10.7. The molecule has 0 fully saturated rings. The van der Waals surface area contributed by atoms with Crippen LogP contribution in [-0.4, -0.2) is 39.9 Å². The fraction of sp³-hybridized carbons (Fsp3) is 0.611. The molecule has 0 aliphatic rings. The van der Waals surface area contributed by atoms with Crippen molar-refractivity contribution < 1.29 is 9.47 Å². The monoisotopic (exact) mass is 321 g/mol. The first kappa shape index (κ1) is 19.3. The molecule has 0 amide bonds. The van der Waals surface area contributed by atoms with E-state index in [4.69, 9.17) is 9.47 Å². The Hall–Kier alpha value is -1.75. The van der Waals surface area contributed by atoms with Crippen LogP contribution in [0.3, 0.4) is 0 Å². The summed E-state index contributed by atoms with van der Waals surface area (Å²) in [6, 6.07) is 8.14. The molecule has 1 rings (SSSR count). The maximum Gasteiger partial charge on any atom is 0.191 e. The van der Waals surface area contributed by atoms with Crippen molar-refractivity contribution in [2.45, 2.75) is 39.2 Å². The number of rotatable bonds is 11. The van der Waals surface area contributed by atoms with Crippen LogP contribution in [0.25, 0.3) is 0 Å². The number of hydrogen-bond acceptors (Lipinski definition) is 3. The van der Waals surface area contributed by atoms with Gasteiger partial charge in [-0.15, -0.1) is 0 Å². The summed E-state index contributed by atoms with van der Waals surface area (Å²) in [6.45, 7) is 5.28. The number of guanidine groups is 1. The van der Waals surface area contributed by atoms with Crippen molar-refractivity contribution in [1.82, 2.24) is 10.6 Å². The Morgan fingerprint density at radius 1 is 1.13 bits per heavy atom. The Bertz CT molecular complexity index is 450. The third-order valence-electron chi connectivity index (χ3n) is 3.42. The molecule has 0 radical (unpaired) electrons. The van der Waals surface area contributed by atoms with Crippen LogP contribution in [0.5, 0.6) is 5.75 Å². The third kappa shape index (κ3) is 9.08. The predicted molar refractivity (Wildman–Crippen MR) is 96.2 cm³/mol. The minimum atomic E-state index is 0.672. The first-order valence-electron chi connectivity index (χ1n) is 8.45. The molecule has 5 heteroatoms. The smallest absolute Gasteiger partial charge is 0.191 e. The fourth-order valence-corrected chi connectivity index (χ4v) is 2.13. The SMILES string of the molecule is CCCCCNC(=NC)NCc1cccc(OCCCOC)c1. The van der Waals surface area contributed by atoms with Gasteiger partial charge in [-0.25, -0.2) is 0 Å². The highest BCUT2D eigenvalue weighted by Gasteiger charge is 2.00. The van der Waals surface area contributed by atoms with Gasteiger partial charge in [0, 0.05) is 40.3 Å². The molecule has 130 valence electrons. The van der Waals surface area contributed by atoms with E-state index in [1.165, 1.54) is 24.8 Å². The van der Waals surface area contributed by atoms with Gasteiger partial charge in [-0.05, 0) is 24.1 Å². The van der Waals surface area contributed by atoms with Crippen LogP contribution in [0, 0.1) is 0 Å². The first-order valence-corrected chi connectivity index (χ1v) is 8.45. The quantitative estimate of drug-likeness (QED) is 0.374. The molecule has 23 heavy (non-hydrogen) atoms. The average Bonchev–Trinajstić information content (AvgIpc) is 2.58. The molecule has 0 aromatic heterocycles. The van der Waals surface area contributed by atoms with Crippen molar-refractivity contribution in [3.63, 3.8) is 0 Å². The molecule has 1 aromatic carbocycles. The van der Waals surface area contributed by atoms with Crippen LogP contribution in [0.2, 0.25) is 0 Å². The van der Waals surface area contributed by atoms with Crippen LogP contribution in [0.15, 0.2) is 29.3 Å². The van der Waals surface area contributed by atoms with Crippen LogP contribution in [-0.2, 0) is 11.3 Å². The molecule has 0 aliphatic carbocycles. The Morgan fingerprint density at radius 2 is 2.00 bits per heavy atom. The van der Waals surface area contributed by atoms with Gasteiger partial charge in [0.25, 0.3) is 0 Å². The largest absolute Gasteiger partial charge is 0.493 e. The maximum absolute atomic E-state index is 5.72. The van der Waals surface area contributed by atoms with E-state index in [9.17, 15) is 0 Å². The second-order valence-electron chi connectivity index (χ2n) is 5.40. The fourth-order valence-electron chi connectivity index (χ4n) is 2.13. The highest BCUT2D eigenvalue weighted by Crippen LogP contribution is 2.13. The lowest BCUT2D eigenvalue weighted by Gasteiger charge is -2.12. The first-order chi connectivity index (χ1) is 11.3.